The summed E-state index contributed by atoms with van der Waals surface area (Å²) in [4.78, 5) is 20.4. The van der Waals surface area contributed by atoms with Crippen LogP contribution in [-0.2, 0) is 4.79 Å². The van der Waals surface area contributed by atoms with E-state index in [1.165, 1.54) is 0 Å². The maximum absolute atomic E-state index is 13.1. The Morgan fingerprint density at radius 2 is 1.95 bits per heavy atom. The molecule has 1 saturated carbocycles. The van der Waals surface area contributed by atoms with Crippen LogP contribution in [0, 0.1) is 17.6 Å². The number of carboxylic acid groups (broad SMARTS) is 1. The van der Waals surface area contributed by atoms with Gasteiger partial charge in [-0.05, 0) is 30.9 Å². The smallest absolute Gasteiger partial charge is 0.300 e. The minimum absolute atomic E-state index is 0.1000. The number of carbonyl (C=O) groups excluding carboxylic acids is 1. The van der Waals surface area contributed by atoms with Crippen LogP contribution in [0.1, 0.15) is 30.1 Å². The molecule has 0 spiro atoms. The molecule has 6 heteroatoms. The average molecular weight is 271 g/mol. The molecule has 1 aliphatic carbocycles. The van der Waals surface area contributed by atoms with Crippen LogP contribution in [0.15, 0.2) is 18.2 Å². The molecule has 2 rings (SSSR count). The number of halogens is 2. The lowest BCUT2D eigenvalue weighted by atomic mass is 10.2. The second-order valence-corrected chi connectivity index (χ2v) is 4.30. The number of carboxylic acids is 1. The lowest BCUT2D eigenvalue weighted by Gasteiger charge is -2.04. The Morgan fingerprint density at radius 1 is 1.37 bits per heavy atom. The predicted octanol–water partition coefficient (Wildman–Crippen LogP) is 2.20. The number of amides is 1. The van der Waals surface area contributed by atoms with Crippen LogP contribution in [-0.4, -0.2) is 23.5 Å². The van der Waals surface area contributed by atoms with Gasteiger partial charge in [0.25, 0.3) is 11.9 Å². The van der Waals surface area contributed by atoms with Gasteiger partial charge in [0.05, 0.1) is 5.56 Å². The first-order chi connectivity index (χ1) is 8.90. The SMILES string of the molecule is CC(=O)O.O=C(NCC1CC1)c1ccc(F)cc1F. The topological polar surface area (TPSA) is 66.4 Å². The van der Waals surface area contributed by atoms with E-state index < -0.39 is 23.5 Å². The Kier molecular flexibility index (Phi) is 5.41. The zero-order chi connectivity index (χ0) is 14.4. The van der Waals surface area contributed by atoms with Gasteiger partial charge in [0.2, 0.25) is 0 Å². The van der Waals surface area contributed by atoms with Gasteiger partial charge in [-0.3, -0.25) is 9.59 Å². The zero-order valence-electron chi connectivity index (χ0n) is 10.5. The fraction of sp³-hybridized carbons (Fsp3) is 0.385. The summed E-state index contributed by atoms with van der Waals surface area (Å²) in [5, 5.41) is 10.0. The summed E-state index contributed by atoms with van der Waals surface area (Å²) in [6.45, 7) is 1.66. The molecule has 4 nitrogen and oxygen atoms in total. The van der Waals surface area contributed by atoms with Crippen molar-refractivity contribution in [3.8, 4) is 0 Å². The molecule has 2 N–H and O–H groups in total. The van der Waals surface area contributed by atoms with Crippen molar-refractivity contribution in [2.24, 2.45) is 5.92 Å². The van der Waals surface area contributed by atoms with Crippen LogP contribution >= 0.6 is 0 Å². The van der Waals surface area contributed by atoms with Crippen LogP contribution in [0.25, 0.3) is 0 Å². The summed E-state index contributed by atoms with van der Waals surface area (Å²) in [5.74, 6) is -2.26. The average Bonchev–Trinajstić information content (AvgIpc) is 3.08. The maximum Gasteiger partial charge on any atom is 0.300 e. The molecular formula is C13H15F2NO3. The highest BCUT2D eigenvalue weighted by Crippen LogP contribution is 2.27. The van der Waals surface area contributed by atoms with E-state index in [-0.39, 0.29) is 5.56 Å². The monoisotopic (exact) mass is 271 g/mol. The third kappa shape index (κ3) is 5.94. The summed E-state index contributed by atoms with van der Waals surface area (Å²) in [6, 6.07) is 2.95. The number of nitrogens with one attached hydrogen (secondary N) is 1. The lowest BCUT2D eigenvalue weighted by Crippen LogP contribution is -2.26. The van der Waals surface area contributed by atoms with Crippen molar-refractivity contribution in [2.75, 3.05) is 6.54 Å². The maximum atomic E-state index is 13.1. The van der Waals surface area contributed by atoms with Crippen molar-refractivity contribution < 1.29 is 23.5 Å². The first kappa shape index (κ1) is 15.1. The Labute approximate surface area is 109 Å². The molecule has 0 bridgehead atoms. The standard InChI is InChI=1S/C11H11F2NO.C2H4O2/c12-8-3-4-9(10(13)5-8)11(15)14-6-7-1-2-7;1-2(3)4/h3-5,7H,1-2,6H2,(H,14,15);1H3,(H,3,4). The van der Waals surface area contributed by atoms with Crippen molar-refractivity contribution in [2.45, 2.75) is 19.8 Å². The summed E-state index contributed by atoms with van der Waals surface area (Å²) in [6.07, 6.45) is 2.23. The van der Waals surface area contributed by atoms with Crippen molar-refractivity contribution in [1.82, 2.24) is 5.32 Å². The highest BCUT2D eigenvalue weighted by molar-refractivity contribution is 5.94. The summed E-state index contributed by atoms with van der Waals surface area (Å²) < 4.78 is 25.7. The van der Waals surface area contributed by atoms with Gasteiger partial charge < -0.3 is 10.4 Å². The van der Waals surface area contributed by atoms with E-state index in [9.17, 15) is 13.6 Å². The minimum Gasteiger partial charge on any atom is -0.481 e. The Hall–Kier alpha value is -1.98. The summed E-state index contributed by atoms with van der Waals surface area (Å²) in [7, 11) is 0. The number of hydrogen-bond acceptors (Lipinski definition) is 2. The lowest BCUT2D eigenvalue weighted by molar-refractivity contribution is -0.134. The Morgan fingerprint density at radius 3 is 2.42 bits per heavy atom. The van der Waals surface area contributed by atoms with Crippen LogP contribution < -0.4 is 5.32 Å². The van der Waals surface area contributed by atoms with E-state index in [0.717, 1.165) is 31.9 Å². The Balaban J connectivity index is 0.000000399. The molecule has 104 valence electrons. The molecule has 1 fully saturated rings. The van der Waals surface area contributed by atoms with E-state index in [1.807, 2.05) is 0 Å². The van der Waals surface area contributed by atoms with Crippen LogP contribution in [0.4, 0.5) is 8.78 Å². The zero-order valence-corrected chi connectivity index (χ0v) is 10.5. The van der Waals surface area contributed by atoms with Gasteiger partial charge in [-0.25, -0.2) is 8.78 Å². The van der Waals surface area contributed by atoms with E-state index in [2.05, 4.69) is 5.32 Å². The van der Waals surface area contributed by atoms with Crippen molar-refractivity contribution in [1.29, 1.82) is 0 Å². The second-order valence-electron chi connectivity index (χ2n) is 4.30. The molecular weight excluding hydrogens is 256 g/mol. The number of hydrogen-bond donors (Lipinski definition) is 2. The molecule has 1 aromatic carbocycles. The molecule has 1 aliphatic rings. The van der Waals surface area contributed by atoms with Gasteiger partial charge in [0, 0.05) is 19.5 Å². The first-order valence-electron chi connectivity index (χ1n) is 5.83. The Bertz CT molecular complexity index is 469. The third-order valence-electron chi connectivity index (χ3n) is 2.42. The molecule has 19 heavy (non-hydrogen) atoms. The van der Waals surface area contributed by atoms with Crippen molar-refractivity contribution >= 4 is 11.9 Å². The first-order valence-corrected chi connectivity index (χ1v) is 5.83. The van der Waals surface area contributed by atoms with Gasteiger partial charge in [-0.15, -0.1) is 0 Å². The third-order valence-corrected chi connectivity index (χ3v) is 2.42. The van der Waals surface area contributed by atoms with E-state index in [1.54, 1.807) is 0 Å². The molecule has 0 atom stereocenters. The molecule has 1 aromatic rings. The van der Waals surface area contributed by atoms with Gasteiger partial charge in [0.15, 0.2) is 0 Å². The molecule has 0 unspecified atom stereocenters. The van der Waals surface area contributed by atoms with Gasteiger partial charge in [0.1, 0.15) is 11.6 Å². The van der Waals surface area contributed by atoms with Gasteiger partial charge in [-0.1, -0.05) is 0 Å². The summed E-state index contributed by atoms with van der Waals surface area (Å²) in [5.41, 5.74) is -0.1000. The molecule has 0 radical (unpaired) electrons. The van der Waals surface area contributed by atoms with E-state index in [0.29, 0.717) is 18.5 Å². The van der Waals surface area contributed by atoms with Crippen LogP contribution in [0.2, 0.25) is 0 Å². The molecule has 0 aromatic heterocycles. The van der Waals surface area contributed by atoms with Crippen molar-refractivity contribution in [3.63, 3.8) is 0 Å². The largest absolute Gasteiger partial charge is 0.481 e. The molecule has 0 saturated heterocycles. The molecule has 1 amide bonds. The molecule has 0 aliphatic heterocycles. The fourth-order valence-electron chi connectivity index (χ4n) is 1.33. The van der Waals surface area contributed by atoms with Crippen LogP contribution in [0.5, 0.6) is 0 Å². The highest BCUT2D eigenvalue weighted by atomic mass is 19.1. The quantitative estimate of drug-likeness (QED) is 0.885. The van der Waals surface area contributed by atoms with E-state index >= 15 is 0 Å². The number of benzene rings is 1. The fourth-order valence-corrected chi connectivity index (χ4v) is 1.33. The summed E-state index contributed by atoms with van der Waals surface area (Å²) >= 11 is 0. The van der Waals surface area contributed by atoms with E-state index in [4.69, 9.17) is 9.90 Å². The van der Waals surface area contributed by atoms with Crippen molar-refractivity contribution in [3.05, 3.63) is 35.4 Å². The highest BCUT2D eigenvalue weighted by Gasteiger charge is 2.22. The predicted molar refractivity (Wildman–Crippen MR) is 64.7 cm³/mol. The number of aliphatic carboxylic acids is 1. The number of carbonyl (C=O) groups is 2. The number of rotatable bonds is 3. The second kappa shape index (κ2) is 6.82. The van der Waals surface area contributed by atoms with Gasteiger partial charge >= 0.3 is 0 Å². The van der Waals surface area contributed by atoms with Gasteiger partial charge in [-0.2, -0.15) is 0 Å². The molecule has 0 heterocycles. The minimum atomic E-state index is -0.833. The van der Waals surface area contributed by atoms with Crippen LogP contribution in [0.3, 0.4) is 0 Å². The normalized spacial score (nSPS) is 13.2.